The highest BCUT2D eigenvalue weighted by Crippen LogP contribution is 2.28. The lowest BCUT2D eigenvalue weighted by Gasteiger charge is -1.99. The monoisotopic (exact) mass is 234 g/mol. The summed E-state index contributed by atoms with van der Waals surface area (Å²) in [5.41, 5.74) is 5.54. The zero-order valence-electron chi connectivity index (χ0n) is 10.3. The maximum Gasteiger partial charge on any atom is 0.101 e. The van der Waals surface area contributed by atoms with E-state index in [1.807, 2.05) is 41.1 Å². The van der Waals surface area contributed by atoms with Gasteiger partial charge in [-0.15, -0.1) is 0 Å². The topological polar surface area (TPSA) is 17.3 Å². The van der Waals surface area contributed by atoms with Crippen LogP contribution < -0.4 is 0 Å². The van der Waals surface area contributed by atoms with Crippen LogP contribution in [-0.2, 0) is 0 Å². The van der Waals surface area contributed by atoms with Crippen molar-refractivity contribution in [1.29, 1.82) is 0 Å². The van der Waals surface area contributed by atoms with Crippen molar-refractivity contribution in [2.45, 2.75) is 6.92 Å². The van der Waals surface area contributed by atoms with Crippen molar-refractivity contribution < 1.29 is 0 Å². The van der Waals surface area contributed by atoms with Crippen molar-refractivity contribution in [3.8, 4) is 11.3 Å². The van der Waals surface area contributed by atoms with E-state index in [9.17, 15) is 0 Å². The molecule has 0 saturated carbocycles. The predicted octanol–water partition coefficient (Wildman–Crippen LogP) is 3.95. The van der Waals surface area contributed by atoms with Crippen LogP contribution in [0.1, 0.15) is 11.1 Å². The Bertz CT molecular complexity index is 709. The summed E-state index contributed by atoms with van der Waals surface area (Å²) >= 11 is 0. The summed E-state index contributed by atoms with van der Waals surface area (Å²) in [5, 5.41) is 4.66. The zero-order valence-corrected chi connectivity index (χ0v) is 10.3. The molecule has 18 heavy (non-hydrogen) atoms. The molecule has 3 aromatic rings. The van der Waals surface area contributed by atoms with Crippen molar-refractivity contribution in [2.75, 3.05) is 0 Å². The van der Waals surface area contributed by atoms with Crippen LogP contribution in [0, 0.1) is 6.92 Å². The van der Waals surface area contributed by atoms with Crippen LogP contribution in [0.5, 0.6) is 0 Å². The average molecular weight is 234 g/mol. The molecule has 2 aromatic heterocycles. The molecule has 2 heterocycles. The van der Waals surface area contributed by atoms with E-state index in [4.69, 9.17) is 0 Å². The maximum atomic E-state index is 4.66. The normalized spacial score (nSPS) is 10.7. The molecule has 0 atom stereocenters. The summed E-state index contributed by atoms with van der Waals surface area (Å²) < 4.78 is 1.93. The number of hydrogen-bond donors (Lipinski definition) is 0. The summed E-state index contributed by atoms with van der Waals surface area (Å²) in [4.78, 5) is 0. The van der Waals surface area contributed by atoms with Crippen LogP contribution in [0.25, 0.3) is 22.9 Å². The van der Waals surface area contributed by atoms with E-state index in [-0.39, 0.29) is 0 Å². The number of nitrogens with zero attached hydrogens (tertiary/aromatic N) is 2. The van der Waals surface area contributed by atoms with Gasteiger partial charge in [0, 0.05) is 17.3 Å². The Hall–Kier alpha value is -2.35. The fourth-order valence-corrected chi connectivity index (χ4v) is 2.30. The number of aromatic nitrogens is 2. The molecule has 0 aliphatic carbocycles. The summed E-state index contributed by atoms with van der Waals surface area (Å²) in [7, 11) is 0. The molecule has 0 unspecified atom stereocenters. The summed E-state index contributed by atoms with van der Waals surface area (Å²) in [6.45, 7) is 6.02. The van der Waals surface area contributed by atoms with Crippen LogP contribution >= 0.6 is 0 Å². The molecule has 0 N–H and O–H groups in total. The Balaban J connectivity index is 2.37. The molecule has 0 bridgehead atoms. The van der Waals surface area contributed by atoms with Gasteiger partial charge in [0.15, 0.2) is 0 Å². The third-order valence-electron chi connectivity index (χ3n) is 3.15. The summed E-state index contributed by atoms with van der Waals surface area (Å²) in [5.74, 6) is 0. The Morgan fingerprint density at radius 1 is 1.11 bits per heavy atom. The first-order chi connectivity index (χ1) is 8.81. The second kappa shape index (κ2) is 4.15. The Morgan fingerprint density at radius 2 is 1.89 bits per heavy atom. The number of aryl methyl sites for hydroxylation is 1. The van der Waals surface area contributed by atoms with Gasteiger partial charge in [0.25, 0.3) is 0 Å². The molecule has 0 aliphatic rings. The molecule has 1 aromatic carbocycles. The van der Waals surface area contributed by atoms with Crippen LogP contribution in [0.2, 0.25) is 0 Å². The molecular formula is C16H14N2. The summed E-state index contributed by atoms with van der Waals surface area (Å²) in [6.07, 6.45) is 3.86. The van der Waals surface area contributed by atoms with Crippen LogP contribution in [-0.4, -0.2) is 9.61 Å². The van der Waals surface area contributed by atoms with E-state index >= 15 is 0 Å². The highest BCUT2D eigenvalue weighted by molar-refractivity contribution is 5.83. The van der Waals surface area contributed by atoms with E-state index in [0.717, 1.165) is 22.3 Å². The fourth-order valence-electron chi connectivity index (χ4n) is 2.30. The van der Waals surface area contributed by atoms with Gasteiger partial charge in [-0.25, -0.2) is 4.52 Å². The molecule has 0 saturated heterocycles. The average Bonchev–Trinajstić information content (AvgIpc) is 2.79. The smallest absolute Gasteiger partial charge is 0.101 e. The number of pyridine rings is 1. The van der Waals surface area contributed by atoms with Crippen molar-refractivity contribution in [3.05, 3.63) is 66.4 Å². The molecule has 2 nitrogen and oxygen atoms in total. The lowest BCUT2D eigenvalue weighted by molar-refractivity contribution is 0.960. The molecule has 88 valence electrons. The van der Waals surface area contributed by atoms with E-state index in [1.165, 1.54) is 5.56 Å². The molecular weight excluding hydrogens is 220 g/mol. The standard InChI is InChI=1S/C16H14N2/c1-3-14-15(13-9-5-4-6-10-13)17-18-11-7-8-12(2)16(14)18/h3-11H,1H2,2H3. The second-order valence-electron chi connectivity index (χ2n) is 4.32. The van der Waals surface area contributed by atoms with Gasteiger partial charge in [-0.3, -0.25) is 0 Å². The highest BCUT2D eigenvalue weighted by atomic mass is 15.2. The van der Waals surface area contributed by atoms with Gasteiger partial charge in [0.1, 0.15) is 5.69 Å². The minimum atomic E-state index is 0.986. The maximum absolute atomic E-state index is 4.66. The predicted molar refractivity (Wildman–Crippen MR) is 75.5 cm³/mol. The fraction of sp³-hybridized carbons (Fsp3) is 0.0625. The first kappa shape index (κ1) is 10.8. The third kappa shape index (κ3) is 1.54. The number of benzene rings is 1. The van der Waals surface area contributed by atoms with Crippen LogP contribution in [0.3, 0.4) is 0 Å². The number of rotatable bonds is 2. The third-order valence-corrected chi connectivity index (χ3v) is 3.15. The lowest BCUT2D eigenvalue weighted by Crippen LogP contribution is -1.87. The molecule has 3 rings (SSSR count). The van der Waals surface area contributed by atoms with Gasteiger partial charge in [-0.1, -0.05) is 49.1 Å². The van der Waals surface area contributed by atoms with E-state index in [1.54, 1.807) is 0 Å². The number of fused-ring (bicyclic) bond motifs is 1. The number of hydrogen-bond acceptors (Lipinski definition) is 1. The quantitative estimate of drug-likeness (QED) is 0.656. The largest absolute Gasteiger partial charge is 0.239 e. The van der Waals surface area contributed by atoms with Gasteiger partial charge < -0.3 is 0 Å². The Kier molecular flexibility index (Phi) is 2.49. The Morgan fingerprint density at radius 3 is 2.61 bits per heavy atom. The van der Waals surface area contributed by atoms with Gasteiger partial charge in [-0.05, 0) is 18.6 Å². The summed E-state index contributed by atoms with van der Waals surface area (Å²) in [6, 6.07) is 14.3. The first-order valence-corrected chi connectivity index (χ1v) is 5.97. The van der Waals surface area contributed by atoms with Crippen molar-refractivity contribution in [3.63, 3.8) is 0 Å². The zero-order chi connectivity index (χ0) is 12.5. The SMILES string of the molecule is C=Cc1c(-c2ccccc2)nn2cccc(C)c12. The highest BCUT2D eigenvalue weighted by Gasteiger charge is 2.12. The first-order valence-electron chi connectivity index (χ1n) is 5.97. The Labute approximate surface area is 106 Å². The molecule has 0 aliphatic heterocycles. The minimum absolute atomic E-state index is 0.986. The molecule has 0 spiro atoms. The van der Waals surface area contributed by atoms with Gasteiger partial charge >= 0.3 is 0 Å². The lowest BCUT2D eigenvalue weighted by atomic mass is 10.1. The minimum Gasteiger partial charge on any atom is -0.239 e. The van der Waals surface area contributed by atoms with Crippen molar-refractivity contribution >= 4 is 11.6 Å². The molecule has 0 radical (unpaired) electrons. The van der Waals surface area contributed by atoms with Crippen LogP contribution in [0.15, 0.2) is 55.2 Å². The molecule has 0 amide bonds. The van der Waals surface area contributed by atoms with Crippen molar-refractivity contribution in [1.82, 2.24) is 9.61 Å². The molecule has 0 fully saturated rings. The van der Waals surface area contributed by atoms with E-state index < -0.39 is 0 Å². The van der Waals surface area contributed by atoms with Crippen LogP contribution in [0.4, 0.5) is 0 Å². The van der Waals surface area contributed by atoms with E-state index in [0.29, 0.717) is 0 Å². The molecule has 2 heteroatoms. The van der Waals surface area contributed by atoms with Gasteiger partial charge in [-0.2, -0.15) is 5.10 Å². The van der Waals surface area contributed by atoms with Gasteiger partial charge in [0.2, 0.25) is 0 Å². The second-order valence-corrected chi connectivity index (χ2v) is 4.32. The van der Waals surface area contributed by atoms with E-state index in [2.05, 4.69) is 36.8 Å². The van der Waals surface area contributed by atoms with Gasteiger partial charge in [0.05, 0.1) is 5.52 Å². The van der Waals surface area contributed by atoms with Crippen molar-refractivity contribution in [2.24, 2.45) is 0 Å².